The first-order valence-corrected chi connectivity index (χ1v) is 7.31. The van der Waals surface area contributed by atoms with Gasteiger partial charge in [0.15, 0.2) is 0 Å². The molecule has 1 aliphatic heterocycles. The van der Waals surface area contributed by atoms with Gasteiger partial charge < -0.3 is 9.64 Å². The summed E-state index contributed by atoms with van der Waals surface area (Å²) in [6.07, 6.45) is 0. The molecule has 1 aliphatic rings. The molecule has 0 bridgehead atoms. The molecule has 18 heavy (non-hydrogen) atoms. The monoisotopic (exact) mass is 270 g/mol. The van der Waals surface area contributed by atoms with Crippen LogP contribution in [-0.2, 0) is 14.8 Å². The quantitative estimate of drug-likeness (QED) is 0.814. The van der Waals surface area contributed by atoms with Gasteiger partial charge in [-0.25, -0.2) is 12.7 Å². The van der Waals surface area contributed by atoms with Gasteiger partial charge in [0.2, 0.25) is 10.0 Å². The third kappa shape index (κ3) is 2.66. The van der Waals surface area contributed by atoms with E-state index in [1.807, 2.05) is 12.1 Å². The number of ether oxygens (including phenoxy) is 1. The summed E-state index contributed by atoms with van der Waals surface area (Å²) in [5, 5.41) is 0. The maximum Gasteiger partial charge on any atom is 0.242 e. The highest BCUT2D eigenvalue weighted by atomic mass is 32.2. The molecule has 0 aliphatic carbocycles. The lowest BCUT2D eigenvalue weighted by molar-refractivity contribution is 0.122. The van der Waals surface area contributed by atoms with Crippen LogP contribution in [0.15, 0.2) is 29.2 Å². The van der Waals surface area contributed by atoms with Gasteiger partial charge in [0.25, 0.3) is 0 Å². The number of sulfonamides is 1. The van der Waals surface area contributed by atoms with Crippen molar-refractivity contribution in [1.82, 2.24) is 4.31 Å². The van der Waals surface area contributed by atoms with Gasteiger partial charge in [0.05, 0.1) is 18.1 Å². The number of rotatable bonds is 3. The molecular weight excluding hydrogens is 252 g/mol. The normalized spacial score (nSPS) is 17.2. The summed E-state index contributed by atoms with van der Waals surface area (Å²) in [5.41, 5.74) is 1.04. The predicted octanol–water partition coefficient (Wildman–Crippen LogP) is 0.774. The maximum absolute atomic E-state index is 11.9. The van der Waals surface area contributed by atoms with E-state index in [0.717, 1.165) is 32.0 Å². The summed E-state index contributed by atoms with van der Waals surface area (Å²) in [7, 11) is -0.268. The van der Waals surface area contributed by atoms with E-state index in [4.69, 9.17) is 4.74 Å². The van der Waals surface area contributed by atoms with Crippen molar-refractivity contribution < 1.29 is 13.2 Å². The molecule has 1 saturated heterocycles. The molecule has 0 N–H and O–H groups in total. The summed E-state index contributed by atoms with van der Waals surface area (Å²) >= 11 is 0. The van der Waals surface area contributed by atoms with Crippen LogP contribution < -0.4 is 4.90 Å². The minimum atomic E-state index is -3.33. The van der Waals surface area contributed by atoms with Crippen LogP contribution in [0.3, 0.4) is 0 Å². The average Bonchev–Trinajstić information content (AvgIpc) is 2.40. The van der Waals surface area contributed by atoms with Crippen LogP contribution in [0.5, 0.6) is 0 Å². The molecule has 0 aromatic heterocycles. The van der Waals surface area contributed by atoms with Gasteiger partial charge in [0.1, 0.15) is 0 Å². The SMILES string of the molecule is CN(C)S(=O)(=O)c1ccc(N2CCOCC2)cc1. The Morgan fingerprint density at radius 3 is 2.17 bits per heavy atom. The van der Waals surface area contributed by atoms with E-state index < -0.39 is 10.0 Å². The van der Waals surface area contributed by atoms with Crippen molar-refractivity contribution >= 4 is 15.7 Å². The third-order valence-corrected chi connectivity index (χ3v) is 4.82. The summed E-state index contributed by atoms with van der Waals surface area (Å²) in [6.45, 7) is 3.13. The molecule has 2 rings (SSSR count). The van der Waals surface area contributed by atoms with E-state index >= 15 is 0 Å². The summed E-state index contributed by atoms with van der Waals surface area (Å²) in [5.74, 6) is 0. The van der Waals surface area contributed by atoms with Crippen LogP contribution in [-0.4, -0.2) is 53.1 Å². The van der Waals surface area contributed by atoms with Gasteiger partial charge in [0, 0.05) is 32.9 Å². The first kappa shape index (κ1) is 13.3. The molecule has 1 aromatic carbocycles. The smallest absolute Gasteiger partial charge is 0.242 e. The standard InChI is InChI=1S/C12H18N2O3S/c1-13(2)18(15,16)12-5-3-11(4-6-12)14-7-9-17-10-8-14/h3-6H,7-10H2,1-2H3. The van der Waals surface area contributed by atoms with Crippen molar-refractivity contribution in [2.75, 3.05) is 45.3 Å². The first-order valence-electron chi connectivity index (χ1n) is 5.87. The zero-order valence-corrected chi connectivity index (χ0v) is 11.5. The summed E-state index contributed by atoms with van der Waals surface area (Å²) in [6, 6.07) is 7.00. The summed E-state index contributed by atoms with van der Waals surface area (Å²) < 4.78 is 30.3. The Morgan fingerprint density at radius 2 is 1.67 bits per heavy atom. The maximum atomic E-state index is 11.9. The highest BCUT2D eigenvalue weighted by Gasteiger charge is 2.17. The van der Waals surface area contributed by atoms with E-state index in [2.05, 4.69) is 4.90 Å². The molecule has 5 nitrogen and oxygen atoms in total. The van der Waals surface area contributed by atoms with Crippen molar-refractivity contribution in [2.24, 2.45) is 0 Å². The van der Waals surface area contributed by atoms with Crippen LogP contribution in [0.2, 0.25) is 0 Å². The van der Waals surface area contributed by atoms with Gasteiger partial charge in [-0.15, -0.1) is 0 Å². The second kappa shape index (κ2) is 5.26. The Kier molecular flexibility index (Phi) is 3.89. The molecule has 6 heteroatoms. The lowest BCUT2D eigenvalue weighted by Crippen LogP contribution is -2.36. The van der Waals surface area contributed by atoms with Gasteiger partial charge >= 0.3 is 0 Å². The fourth-order valence-corrected chi connectivity index (χ4v) is 2.76. The van der Waals surface area contributed by atoms with Gasteiger partial charge in [-0.2, -0.15) is 0 Å². The van der Waals surface area contributed by atoms with E-state index in [1.165, 1.54) is 18.4 Å². The van der Waals surface area contributed by atoms with Gasteiger partial charge in [-0.1, -0.05) is 0 Å². The van der Waals surface area contributed by atoms with Crippen LogP contribution >= 0.6 is 0 Å². The number of nitrogens with zero attached hydrogens (tertiary/aromatic N) is 2. The Bertz CT molecular complexity index is 491. The molecule has 0 saturated carbocycles. The zero-order valence-electron chi connectivity index (χ0n) is 10.7. The molecule has 0 amide bonds. The lowest BCUT2D eigenvalue weighted by atomic mass is 10.2. The van der Waals surface area contributed by atoms with E-state index in [-0.39, 0.29) is 0 Å². The van der Waals surface area contributed by atoms with Gasteiger partial charge in [-0.3, -0.25) is 0 Å². The molecule has 0 radical (unpaired) electrons. The van der Waals surface area contributed by atoms with Crippen molar-refractivity contribution in [1.29, 1.82) is 0 Å². The number of hydrogen-bond donors (Lipinski definition) is 0. The number of hydrogen-bond acceptors (Lipinski definition) is 4. The Morgan fingerprint density at radius 1 is 1.11 bits per heavy atom. The van der Waals surface area contributed by atoms with Crippen LogP contribution in [0.1, 0.15) is 0 Å². The third-order valence-electron chi connectivity index (χ3n) is 2.99. The van der Waals surface area contributed by atoms with E-state index in [9.17, 15) is 8.42 Å². The average molecular weight is 270 g/mol. The second-order valence-corrected chi connectivity index (χ2v) is 6.53. The molecule has 0 spiro atoms. The van der Waals surface area contributed by atoms with E-state index in [0.29, 0.717) is 4.90 Å². The minimum Gasteiger partial charge on any atom is -0.378 e. The molecule has 1 aromatic rings. The molecule has 1 fully saturated rings. The Balaban J connectivity index is 2.20. The minimum absolute atomic E-state index is 0.324. The van der Waals surface area contributed by atoms with Crippen molar-refractivity contribution in [3.05, 3.63) is 24.3 Å². The highest BCUT2D eigenvalue weighted by molar-refractivity contribution is 7.89. The fraction of sp³-hybridized carbons (Fsp3) is 0.500. The number of morpholine rings is 1. The zero-order chi connectivity index (χ0) is 13.2. The summed E-state index contributed by atoms with van der Waals surface area (Å²) in [4.78, 5) is 2.51. The van der Waals surface area contributed by atoms with Crippen molar-refractivity contribution in [3.63, 3.8) is 0 Å². The van der Waals surface area contributed by atoms with Crippen LogP contribution in [0.25, 0.3) is 0 Å². The highest BCUT2D eigenvalue weighted by Crippen LogP contribution is 2.20. The molecule has 0 unspecified atom stereocenters. The fourth-order valence-electron chi connectivity index (χ4n) is 1.86. The van der Waals surface area contributed by atoms with Crippen LogP contribution in [0.4, 0.5) is 5.69 Å². The van der Waals surface area contributed by atoms with Crippen molar-refractivity contribution in [2.45, 2.75) is 4.90 Å². The first-order chi connectivity index (χ1) is 8.51. The van der Waals surface area contributed by atoms with Gasteiger partial charge in [-0.05, 0) is 24.3 Å². The van der Waals surface area contributed by atoms with E-state index in [1.54, 1.807) is 12.1 Å². The second-order valence-electron chi connectivity index (χ2n) is 4.38. The Hall–Kier alpha value is -1.11. The molecule has 1 heterocycles. The van der Waals surface area contributed by atoms with Crippen molar-refractivity contribution in [3.8, 4) is 0 Å². The molecule has 0 atom stereocenters. The van der Waals surface area contributed by atoms with Crippen LogP contribution in [0, 0.1) is 0 Å². The largest absolute Gasteiger partial charge is 0.378 e. The Labute approximate surface area is 108 Å². The number of benzene rings is 1. The lowest BCUT2D eigenvalue weighted by Gasteiger charge is -2.29. The predicted molar refractivity (Wildman–Crippen MR) is 70.3 cm³/mol. The molecule has 100 valence electrons. The molecular formula is C12H18N2O3S. The topological polar surface area (TPSA) is 49.9 Å². The number of anilines is 1.